The quantitative estimate of drug-likeness (QED) is 0.901. The molecule has 1 atom stereocenters. The third kappa shape index (κ3) is 3.97. The number of benzene rings is 1. The van der Waals surface area contributed by atoms with Crippen LogP contribution in [0, 0.1) is 5.41 Å². The monoisotopic (exact) mass is 355 g/mol. The second-order valence-electron chi connectivity index (χ2n) is 5.53. The maximum absolute atomic E-state index is 12.1. The van der Waals surface area contributed by atoms with E-state index < -0.39 is 11.4 Å². The molecule has 0 aliphatic carbocycles. The van der Waals surface area contributed by atoms with E-state index in [9.17, 15) is 14.7 Å². The Morgan fingerprint density at radius 3 is 2.67 bits per heavy atom. The van der Waals surface area contributed by atoms with E-state index in [0.717, 1.165) is 4.47 Å². The lowest BCUT2D eigenvalue weighted by molar-refractivity contribution is -0.153. The second-order valence-corrected chi connectivity index (χ2v) is 6.44. The summed E-state index contributed by atoms with van der Waals surface area (Å²) in [5.74, 6) is -0.413. The molecule has 0 aromatic heterocycles. The number of carboxylic acids is 1. The lowest BCUT2D eigenvalue weighted by atomic mass is 9.82. The predicted molar refractivity (Wildman–Crippen MR) is 81.2 cm³/mol. The van der Waals surface area contributed by atoms with Gasteiger partial charge in [-0.25, -0.2) is 0 Å². The van der Waals surface area contributed by atoms with Gasteiger partial charge in [0, 0.05) is 17.6 Å². The molecule has 5 nitrogen and oxygen atoms in total. The van der Waals surface area contributed by atoms with Gasteiger partial charge in [-0.3, -0.25) is 9.59 Å². The topological polar surface area (TPSA) is 66.8 Å². The Bertz CT molecular complexity index is 531. The third-order valence-corrected chi connectivity index (χ3v) is 4.27. The zero-order chi connectivity index (χ0) is 15.5. The Hall–Kier alpha value is -1.56. The van der Waals surface area contributed by atoms with E-state index in [4.69, 9.17) is 4.74 Å². The van der Waals surface area contributed by atoms with Gasteiger partial charge in [-0.05, 0) is 44.0 Å². The minimum Gasteiger partial charge on any atom is -0.484 e. The maximum atomic E-state index is 12.1. The Labute approximate surface area is 132 Å². The molecule has 1 N–H and O–H groups in total. The number of ether oxygens (including phenoxy) is 1. The fourth-order valence-corrected chi connectivity index (χ4v) is 2.66. The third-order valence-electron chi connectivity index (χ3n) is 3.74. The maximum Gasteiger partial charge on any atom is 0.311 e. The van der Waals surface area contributed by atoms with Gasteiger partial charge in [0.2, 0.25) is 0 Å². The molecular formula is C15H18BrNO4. The summed E-state index contributed by atoms with van der Waals surface area (Å²) in [4.78, 5) is 25.0. The molecule has 0 spiro atoms. The molecular weight excluding hydrogens is 338 g/mol. The number of hydrogen-bond acceptors (Lipinski definition) is 3. The number of carbonyl (C=O) groups excluding carboxylic acids is 1. The van der Waals surface area contributed by atoms with E-state index in [1.807, 2.05) is 12.1 Å². The minimum atomic E-state index is -0.856. The van der Waals surface area contributed by atoms with Gasteiger partial charge in [0.05, 0.1) is 5.41 Å². The van der Waals surface area contributed by atoms with Crippen LogP contribution in [0.3, 0.4) is 0 Å². The van der Waals surface area contributed by atoms with Crippen molar-refractivity contribution in [1.82, 2.24) is 4.90 Å². The average molecular weight is 356 g/mol. The first-order chi connectivity index (χ1) is 9.90. The van der Waals surface area contributed by atoms with Crippen LogP contribution < -0.4 is 4.74 Å². The molecule has 1 aromatic carbocycles. The summed E-state index contributed by atoms with van der Waals surface area (Å²) in [5.41, 5.74) is -0.856. The van der Waals surface area contributed by atoms with Crippen LogP contribution in [0.25, 0.3) is 0 Å². The molecule has 0 saturated carbocycles. The van der Waals surface area contributed by atoms with Crippen molar-refractivity contribution in [3.05, 3.63) is 28.7 Å². The van der Waals surface area contributed by atoms with Crippen LogP contribution in [0.15, 0.2) is 28.7 Å². The van der Waals surface area contributed by atoms with Crippen molar-refractivity contribution < 1.29 is 19.4 Å². The molecule has 21 heavy (non-hydrogen) atoms. The van der Waals surface area contributed by atoms with Gasteiger partial charge in [-0.15, -0.1) is 0 Å². The number of halogens is 1. The molecule has 1 unspecified atom stereocenters. The number of hydrogen-bond donors (Lipinski definition) is 1. The number of likely N-dealkylation sites (tertiary alicyclic amines) is 1. The highest BCUT2D eigenvalue weighted by molar-refractivity contribution is 9.10. The number of carboxylic acid groups (broad SMARTS) is 1. The van der Waals surface area contributed by atoms with Gasteiger partial charge in [0.25, 0.3) is 5.91 Å². The zero-order valence-corrected chi connectivity index (χ0v) is 13.4. The summed E-state index contributed by atoms with van der Waals surface area (Å²) in [7, 11) is 0. The van der Waals surface area contributed by atoms with Crippen LogP contribution in [0.1, 0.15) is 19.8 Å². The van der Waals surface area contributed by atoms with Crippen molar-refractivity contribution in [2.75, 3.05) is 19.7 Å². The highest BCUT2D eigenvalue weighted by atomic mass is 79.9. The Balaban J connectivity index is 1.91. The fraction of sp³-hybridized carbons (Fsp3) is 0.467. The molecule has 1 amide bonds. The van der Waals surface area contributed by atoms with Crippen molar-refractivity contribution in [1.29, 1.82) is 0 Å². The van der Waals surface area contributed by atoms with E-state index >= 15 is 0 Å². The average Bonchev–Trinajstić information content (AvgIpc) is 2.46. The predicted octanol–water partition coefficient (Wildman–Crippen LogP) is 2.54. The number of amides is 1. The van der Waals surface area contributed by atoms with Crippen LogP contribution >= 0.6 is 15.9 Å². The SMILES string of the molecule is CC1(C(=O)O)CCCN(C(=O)COc2ccc(Br)cc2)C1. The first-order valence-electron chi connectivity index (χ1n) is 6.80. The van der Waals surface area contributed by atoms with Crippen LogP contribution in [-0.4, -0.2) is 41.6 Å². The van der Waals surface area contributed by atoms with Crippen LogP contribution in [0.4, 0.5) is 0 Å². The highest BCUT2D eigenvalue weighted by Crippen LogP contribution is 2.29. The molecule has 0 radical (unpaired) electrons. The van der Waals surface area contributed by atoms with Crippen LogP contribution in [0.2, 0.25) is 0 Å². The van der Waals surface area contributed by atoms with Gasteiger partial charge in [0.1, 0.15) is 5.75 Å². The van der Waals surface area contributed by atoms with Crippen LogP contribution in [0.5, 0.6) is 5.75 Å². The lowest BCUT2D eigenvalue weighted by Crippen LogP contribution is -2.49. The van der Waals surface area contributed by atoms with Gasteiger partial charge in [-0.1, -0.05) is 15.9 Å². The number of carbonyl (C=O) groups is 2. The van der Waals surface area contributed by atoms with Crippen molar-refractivity contribution in [3.63, 3.8) is 0 Å². The van der Waals surface area contributed by atoms with Crippen molar-refractivity contribution in [2.24, 2.45) is 5.41 Å². The summed E-state index contributed by atoms with van der Waals surface area (Å²) < 4.78 is 6.38. The van der Waals surface area contributed by atoms with Gasteiger partial charge < -0.3 is 14.7 Å². The molecule has 1 aliphatic heterocycles. The number of rotatable bonds is 4. The van der Waals surface area contributed by atoms with Crippen molar-refractivity contribution in [2.45, 2.75) is 19.8 Å². The largest absolute Gasteiger partial charge is 0.484 e. The Morgan fingerprint density at radius 1 is 1.38 bits per heavy atom. The van der Waals surface area contributed by atoms with Crippen LogP contribution in [-0.2, 0) is 9.59 Å². The summed E-state index contributed by atoms with van der Waals surface area (Å²) in [5, 5.41) is 9.26. The molecule has 1 fully saturated rings. The van der Waals surface area contributed by atoms with Crippen molar-refractivity contribution >= 4 is 27.8 Å². The molecule has 6 heteroatoms. The summed E-state index contributed by atoms with van der Waals surface area (Å²) >= 11 is 3.33. The van der Waals surface area contributed by atoms with Gasteiger partial charge in [0.15, 0.2) is 6.61 Å². The zero-order valence-electron chi connectivity index (χ0n) is 11.8. The normalized spacial score (nSPS) is 21.9. The molecule has 0 bridgehead atoms. The first-order valence-corrected chi connectivity index (χ1v) is 7.59. The minimum absolute atomic E-state index is 0.0721. The number of piperidine rings is 1. The van der Waals surface area contributed by atoms with Gasteiger partial charge in [-0.2, -0.15) is 0 Å². The number of nitrogens with zero attached hydrogens (tertiary/aromatic N) is 1. The molecule has 114 valence electrons. The fourth-order valence-electron chi connectivity index (χ4n) is 2.39. The molecule has 2 rings (SSSR count). The lowest BCUT2D eigenvalue weighted by Gasteiger charge is -2.37. The number of aliphatic carboxylic acids is 1. The molecule has 1 aliphatic rings. The van der Waals surface area contributed by atoms with E-state index in [-0.39, 0.29) is 19.1 Å². The van der Waals surface area contributed by atoms with E-state index in [1.54, 1.807) is 24.0 Å². The Morgan fingerprint density at radius 2 is 2.05 bits per heavy atom. The summed E-state index contributed by atoms with van der Waals surface area (Å²) in [6, 6.07) is 7.22. The second kappa shape index (κ2) is 6.47. The molecule has 1 heterocycles. The van der Waals surface area contributed by atoms with Crippen molar-refractivity contribution in [3.8, 4) is 5.75 Å². The van der Waals surface area contributed by atoms with E-state index in [2.05, 4.69) is 15.9 Å². The smallest absolute Gasteiger partial charge is 0.311 e. The summed E-state index contributed by atoms with van der Waals surface area (Å²) in [6.45, 7) is 2.44. The van der Waals surface area contributed by atoms with E-state index in [1.165, 1.54) is 0 Å². The first kappa shape index (κ1) is 15.8. The molecule has 1 aromatic rings. The highest BCUT2D eigenvalue weighted by Gasteiger charge is 2.39. The van der Waals surface area contributed by atoms with E-state index in [0.29, 0.717) is 25.1 Å². The summed E-state index contributed by atoms with van der Waals surface area (Å²) in [6.07, 6.45) is 1.30. The van der Waals surface area contributed by atoms with Gasteiger partial charge >= 0.3 is 5.97 Å². The Kier molecular flexibility index (Phi) is 4.88. The standard InChI is InChI=1S/C15H18BrNO4/c1-15(14(19)20)7-2-8-17(10-15)13(18)9-21-12-5-3-11(16)4-6-12/h3-6H,2,7-10H2,1H3,(H,19,20). The molecule has 1 saturated heterocycles.